The summed E-state index contributed by atoms with van der Waals surface area (Å²) >= 11 is 11.5. The van der Waals surface area contributed by atoms with Gasteiger partial charge < -0.3 is 0 Å². The van der Waals surface area contributed by atoms with Gasteiger partial charge in [0.1, 0.15) is 0 Å². The van der Waals surface area contributed by atoms with Crippen LogP contribution in [0.4, 0.5) is 0 Å². The number of benzene rings is 1. The highest BCUT2D eigenvalue weighted by atomic mass is 35.5. The molecule has 2 aromatic rings. The van der Waals surface area contributed by atoms with Gasteiger partial charge in [-0.05, 0) is 35.9 Å². The molecule has 5 heteroatoms. The smallest absolute Gasteiger partial charge is 0.221 e. The first kappa shape index (κ1) is 9.49. The van der Waals surface area contributed by atoms with Crippen LogP contribution in [0.15, 0.2) is 24.3 Å². The Bertz CT molecular complexity index is 428. The van der Waals surface area contributed by atoms with E-state index in [-0.39, 0.29) is 0 Å². The third kappa shape index (κ3) is 1.74. The molecule has 72 valence electrons. The molecule has 0 fully saturated rings. The number of aromatic nitrogens is 3. The van der Waals surface area contributed by atoms with Gasteiger partial charge in [-0.2, -0.15) is 4.98 Å². The van der Waals surface area contributed by atoms with Crippen molar-refractivity contribution < 1.29 is 0 Å². The fourth-order valence-corrected chi connectivity index (χ4v) is 1.33. The van der Waals surface area contributed by atoms with Crippen molar-refractivity contribution in [2.24, 2.45) is 7.05 Å². The molecule has 0 unspecified atom stereocenters. The van der Waals surface area contributed by atoms with E-state index in [1.54, 1.807) is 19.2 Å². The molecule has 0 N–H and O–H groups in total. The maximum absolute atomic E-state index is 5.77. The highest BCUT2D eigenvalue weighted by molar-refractivity contribution is 6.30. The number of nitrogens with zero attached hydrogens (tertiary/aromatic N) is 3. The van der Waals surface area contributed by atoms with E-state index >= 15 is 0 Å². The van der Waals surface area contributed by atoms with Crippen molar-refractivity contribution in [3.63, 3.8) is 0 Å². The van der Waals surface area contributed by atoms with Gasteiger partial charge in [-0.3, -0.25) is 0 Å². The number of halogens is 2. The van der Waals surface area contributed by atoms with E-state index in [1.807, 2.05) is 12.1 Å². The lowest BCUT2D eigenvalue weighted by Gasteiger charge is -1.93. The third-order valence-corrected chi connectivity index (χ3v) is 2.39. The lowest BCUT2D eigenvalue weighted by molar-refractivity contribution is 0.769. The van der Waals surface area contributed by atoms with Gasteiger partial charge in [0.05, 0.1) is 0 Å². The van der Waals surface area contributed by atoms with Crippen molar-refractivity contribution in [3.05, 3.63) is 34.6 Å². The van der Waals surface area contributed by atoms with E-state index in [1.165, 1.54) is 4.68 Å². The molecule has 0 spiro atoms. The van der Waals surface area contributed by atoms with Crippen molar-refractivity contribution >= 4 is 23.2 Å². The Balaban J connectivity index is 2.44. The summed E-state index contributed by atoms with van der Waals surface area (Å²) in [5.41, 5.74) is 0.900. The summed E-state index contributed by atoms with van der Waals surface area (Å²) in [6.07, 6.45) is 0. The van der Waals surface area contributed by atoms with E-state index in [0.717, 1.165) is 5.56 Å². The van der Waals surface area contributed by atoms with Gasteiger partial charge >= 0.3 is 0 Å². The van der Waals surface area contributed by atoms with Crippen LogP contribution in [0.1, 0.15) is 0 Å². The normalized spacial score (nSPS) is 10.5. The van der Waals surface area contributed by atoms with E-state index in [9.17, 15) is 0 Å². The zero-order valence-electron chi connectivity index (χ0n) is 7.41. The molecule has 1 heterocycles. The van der Waals surface area contributed by atoms with Crippen LogP contribution in [0.25, 0.3) is 11.4 Å². The molecule has 1 aromatic carbocycles. The van der Waals surface area contributed by atoms with Crippen molar-refractivity contribution in [2.75, 3.05) is 0 Å². The number of rotatable bonds is 1. The Kier molecular flexibility index (Phi) is 2.44. The summed E-state index contributed by atoms with van der Waals surface area (Å²) < 4.78 is 1.52. The van der Waals surface area contributed by atoms with Crippen LogP contribution in [-0.2, 0) is 7.05 Å². The molecule has 0 atom stereocenters. The highest BCUT2D eigenvalue weighted by Gasteiger charge is 2.06. The summed E-state index contributed by atoms with van der Waals surface area (Å²) in [6, 6.07) is 7.30. The predicted molar refractivity (Wildman–Crippen MR) is 56.5 cm³/mol. The van der Waals surface area contributed by atoms with E-state index in [0.29, 0.717) is 16.1 Å². The van der Waals surface area contributed by atoms with Crippen molar-refractivity contribution in [1.82, 2.24) is 14.8 Å². The van der Waals surface area contributed by atoms with Crippen LogP contribution in [0.3, 0.4) is 0 Å². The molecule has 14 heavy (non-hydrogen) atoms. The van der Waals surface area contributed by atoms with Crippen molar-refractivity contribution in [1.29, 1.82) is 0 Å². The van der Waals surface area contributed by atoms with E-state index in [4.69, 9.17) is 23.2 Å². The fourth-order valence-electron chi connectivity index (χ4n) is 1.09. The largest absolute Gasteiger partial charge is 0.239 e. The van der Waals surface area contributed by atoms with Gasteiger partial charge in [0, 0.05) is 17.6 Å². The molecule has 0 saturated carbocycles. The average molecular weight is 228 g/mol. The van der Waals surface area contributed by atoms with Crippen LogP contribution < -0.4 is 0 Å². The van der Waals surface area contributed by atoms with Crippen LogP contribution in [0, 0.1) is 0 Å². The minimum absolute atomic E-state index is 0.370. The zero-order chi connectivity index (χ0) is 10.1. The molecule has 0 saturated heterocycles. The van der Waals surface area contributed by atoms with Crippen LogP contribution in [0.5, 0.6) is 0 Å². The average Bonchev–Trinajstić information content (AvgIpc) is 2.48. The fraction of sp³-hybridized carbons (Fsp3) is 0.111. The van der Waals surface area contributed by atoms with Gasteiger partial charge in [-0.1, -0.05) is 11.6 Å². The molecule has 0 bridgehead atoms. The molecule has 0 aliphatic carbocycles. The van der Waals surface area contributed by atoms with E-state index < -0.39 is 0 Å². The van der Waals surface area contributed by atoms with Crippen molar-refractivity contribution in [3.8, 4) is 11.4 Å². The van der Waals surface area contributed by atoms with Gasteiger partial charge in [0.2, 0.25) is 5.28 Å². The number of hydrogen-bond donors (Lipinski definition) is 0. The topological polar surface area (TPSA) is 30.7 Å². The monoisotopic (exact) mass is 227 g/mol. The lowest BCUT2D eigenvalue weighted by Crippen LogP contribution is -1.89. The first-order chi connectivity index (χ1) is 6.66. The summed E-state index contributed by atoms with van der Waals surface area (Å²) in [4.78, 5) is 4.08. The number of hydrogen-bond acceptors (Lipinski definition) is 2. The first-order valence-corrected chi connectivity index (χ1v) is 4.75. The molecule has 0 radical (unpaired) electrons. The van der Waals surface area contributed by atoms with Gasteiger partial charge in [-0.25, -0.2) is 4.68 Å². The molecule has 0 aliphatic heterocycles. The Hall–Kier alpha value is -1.06. The summed E-state index contributed by atoms with van der Waals surface area (Å²) in [7, 11) is 1.74. The van der Waals surface area contributed by atoms with Crippen LogP contribution in [0.2, 0.25) is 10.3 Å². The predicted octanol–water partition coefficient (Wildman–Crippen LogP) is 2.79. The zero-order valence-corrected chi connectivity index (χ0v) is 8.92. The Morgan fingerprint density at radius 3 is 2.29 bits per heavy atom. The molecule has 0 amide bonds. The quantitative estimate of drug-likeness (QED) is 0.751. The number of aryl methyl sites for hydroxylation is 1. The maximum Gasteiger partial charge on any atom is 0.221 e. The van der Waals surface area contributed by atoms with E-state index in [2.05, 4.69) is 10.1 Å². The molecular formula is C9H7Cl2N3. The minimum atomic E-state index is 0.370. The van der Waals surface area contributed by atoms with Gasteiger partial charge in [0.15, 0.2) is 5.82 Å². The lowest BCUT2D eigenvalue weighted by atomic mass is 10.2. The first-order valence-electron chi connectivity index (χ1n) is 3.99. The van der Waals surface area contributed by atoms with Crippen LogP contribution >= 0.6 is 23.2 Å². The molecular weight excluding hydrogens is 221 g/mol. The second-order valence-electron chi connectivity index (χ2n) is 2.83. The highest BCUT2D eigenvalue weighted by Crippen LogP contribution is 2.19. The molecule has 0 aliphatic rings. The van der Waals surface area contributed by atoms with Crippen molar-refractivity contribution in [2.45, 2.75) is 0 Å². The summed E-state index contributed by atoms with van der Waals surface area (Å²) in [5.74, 6) is 0.606. The molecule has 1 aromatic heterocycles. The third-order valence-electron chi connectivity index (χ3n) is 1.81. The van der Waals surface area contributed by atoms with Gasteiger partial charge in [-0.15, -0.1) is 5.10 Å². The second kappa shape index (κ2) is 3.59. The molecule has 3 nitrogen and oxygen atoms in total. The Morgan fingerprint density at radius 2 is 1.79 bits per heavy atom. The standard InChI is InChI=1S/C9H7Cl2N3/c1-14-9(11)12-8(13-14)6-2-4-7(10)5-3-6/h2-5H,1H3. The van der Waals surface area contributed by atoms with Crippen LogP contribution in [-0.4, -0.2) is 14.8 Å². The maximum atomic E-state index is 5.77. The Morgan fingerprint density at radius 1 is 1.14 bits per heavy atom. The van der Waals surface area contributed by atoms with Gasteiger partial charge in [0.25, 0.3) is 0 Å². The molecule has 2 rings (SSSR count). The SMILES string of the molecule is Cn1nc(-c2ccc(Cl)cc2)nc1Cl. The minimum Gasteiger partial charge on any atom is -0.239 e. The summed E-state index contributed by atoms with van der Waals surface area (Å²) in [6.45, 7) is 0. The Labute approximate surface area is 91.3 Å². The second-order valence-corrected chi connectivity index (χ2v) is 3.61. The summed E-state index contributed by atoms with van der Waals surface area (Å²) in [5, 5.41) is 5.20.